The number of ether oxygens (including phenoxy) is 1. The second-order valence-corrected chi connectivity index (χ2v) is 3.17. The van der Waals surface area contributed by atoms with Crippen molar-refractivity contribution in [3.8, 4) is 0 Å². The molecule has 15 heavy (non-hydrogen) atoms. The van der Waals surface area contributed by atoms with Crippen molar-refractivity contribution in [2.75, 3.05) is 6.56 Å². The van der Waals surface area contributed by atoms with Gasteiger partial charge in [-0.25, -0.2) is 4.98 Å². The molecule has 2 rings (SSSR count). The molecule has 1 fully saturated rings. The Morgan fingerprint density at radius 1 is 2.00 bits per heavy atom. The highest BCUT2D eigenvalue weighted by Gasteiger charge is 2.35. The van der Waals surface area contributed by atoms with Crippen molar-refractivity contribution < 1.29 is 20.5 Å². The van der Waals surface area contributed by atoms with Gasteiger partial charge in [-0.2, -0.15) is 0 Å². The molecule has 2 heterocycles. The van der Waals surface area contributed by atoms with Crippen LogP contribution in [-0.2, 0) is 22.9 Å². The van der Waals surface area contributed by atoms with Crippen LogP contribution in [0.25, 0.3) is 0 Å². The fourth-order valence-electron chi connectivity index (χ4n) is 1.37. The van der Waals surface area contributed by atoms with Gasteiger partial charge in [0.1, 0.15) is 0 Å². The monoisotopic (exact) mass is 216 g/mol. The van der Waals surface area contributed by atoms with Crippen molar-refractivity contribution in [3.05, 3.63) is 18.2 Å². The molecule has 0 bridgehead atoms. The highest BCUT2D eigenvalue weighted by molar-refractivity contribution is 5.74. The number of imidazole rings is 1. The lowest BCUT2D eigenvalue weighted by molar-refractivity contribution is -0.141. The molecule has 1 aromatic heterocycles. The van der Waals surface area contributed by atoms with E-state index in [1.165, 1.54) is 6.92 Å². The number of aryl methyl sites for hydroxylation is 1. The summed E-state index contributed by atoms with van der Waals surface area (Å²) in [6.45, 7) is -4.17. The van der Waals surface area contributed by atoms with Gasteiger partial charge in [-0.15, -0.1) is 0 Å². The number of aromatic nitrogens is 2. The molecule has 1 aliphatic rings. The van der Waals surface area contributed by atoms with Gasteiger partial charge in [0.05, 0.1) is 21.5 Å². The Morgan fingerprint density at radius 2 is 2.87 bits per heavy atom. The molecule has 1 aliphatic heterocycles. The quantitative estimate of drug-likeness (QED) is 0.712. The van der Waals surface area contributed by atoms with Crippen LogP contribution in [0, 0.1) is 11.8 Å². The van der Waals surface area contributed by atoms with Crippen molar-refractivity contribution in [3.63, 3.8) is 0 Å². The maximum atomic E-state index is 11.9. The molecular formula is C11H16N2O2. The molecule has 82 valence electrons. The minimum atomic E-state index is -2.92. The summed E-state index contributed by atoms with van der Waals surface area (Å²) >= 11 is 0. The number of carbonyl (C=O) groups is 1. The first-order valence-electron chi connectivity index (χ1n) is 8.57. The zero-order valence-electron chi connectivity index (χ0n) is 16.2. The summed E-state index contributed by atoms with van der Waals surface area (Å²) in [4.78, 5) is 15.5. The smallest absolute Gasteiger partial charge is 0.309 e. The normalized spacial score (nSPS) is 43.5. The zero-order chi connectivity index (χ0) is 17.8. The van der Waals surface area contributed by atoms with E-state index in [-0.39, 0.29) is 6.42 Å². The lowest BCUT2D eigenvalue weighted by Crippen LogP contribution is -2.18. The van der Waals surface area contributed by atoms with Crippen LogP contribution in [0.3, 0.4) is 0 Å². The number of hydrogen-bond acceptors (Lipinski definition) is 3. The lowest BCUT2D eigenvalue weighted by atomic mass is 9.89. The minimum Gasteiger partial charge on any atom is -0.465 e. The molecule has 0 amide bonds. The summed E-state index contributed by atoms with van der Waals surface area (Å²) in [7, 11) is 0. The first-order chi connectivity index (χ1) is 10.3. The third kappa shape index (κ3) is 1.89. The number of nitrogens with zero attached hydrogens (tertiary/aromatic N) is 2. The number of hydrogen-bond donors (Lipinski definition) is 0. The van der Waals surface area contributed by atoms with Crippen LogP contribution in [0.1, 0.15) is 30.0 Å². The summed E-state index contributed by atoms with van der Waals surface area (Å²) in [6, 6.07) is 0. The van der Waals surface area contributed by atoms with Crippen molar-refractivity contribution >= 4 is 5.97 Å². The van der Waals surface area contributed by atoms with Crippen LogP contribution in [0.15, 0.2) is 12.5 Å². The topological polar surface area (TPSA) is 44.1 Å². The van der Waals surface area contributed by atoms with Gasteiger partial charge in [-0.3, -0.25) is 4.79 Å². The Bertz CT molecular complexity index is 626. The summed E-state index contributed by atoms with van der Waals surface area (Å²) in [5.41, 5.74) is -0.506. The predicted octanol–water partition coefficient (Wildman–Crippen LogP) is 1.16. The first-order valence-corrected chi connectivity index (χ1v) is 4.57. The summed E-state index contributed by atoms with van der Waals surface area (Å²) < 4.78 is 68.0. The Morgan fingerprint density at radius 3 is 3.60 bits per heavy atom. The molecule has 0 aromatic carbocycles. The Balaban J connectivity index is 2.67. The van der Waals surface area contributed by atoms with Gasteiger partial charge in [0, 0.05) is 33.0 Å². The van der Waals surface area contributed by atoms with E-state index in [9.17, 15) is 4.79 Å². The third-order valence-electron chi connectivity index (χ3n) is 2.20. The molecule has 0 N–H and O–H groups in total. The van der Waals surface area contributed by atoms with Crippen LogP contribution in [0.2, 0.25) is 0 Å². The van der Waals surface area contributed by atoms with Gasteiger partial charge in [0.2, 0.25) is 0 Å². The van der Waals surface area contributed by atoms with Crippen molar-refractivity contribution in [1.82, 2.24) is 9.55 Å². The fraction of sp³-hybridized carbons (Fsp3) is 0.636. The van der Waals surface area contributed by atoms with E-state index < -0.39 is 43.4 Å². The fourth-order valence-corrected chi connectivity index (χ4v) is 1.37. The summed E-state index contributed by atoms with van der Waals surface area (Å²) in [5.74, 6) is -5.06. The molecule has 0 spiro atoms. The average molecular weight is 216 g/mol. The van der Waals surface area contributed by atoms with Gasteiger partial charge in [-0.05, 0) is 12.8 Å². The van der Waals surface area contributed by atoms with Crippen molar-refractivity contribution in [2.45, 2.75) is 19.7 Å². The first kappa shape index (κ1) is 4.28. The molecule has 1 saturated heterocycles. The van der Waals surface area contributed by atoms with E-state index >= 15 is 0 Å². The maximum Gasteiger partial charge on any atom is 0.309 e. The Labute approximate surface area is 100 Å². The van der Waals surface area contributed by atoms with E-state index in [4.69, 9.17) is 11.0 Å². The average Bonchev–Trinajstić information content (AvgIpc) is 2.92. The molecule has 0 saturated carbocycles. The van der Waals surface area contributed by atoms with Crippen molar-refractivity contribution in [2.24, 2.45) is 18.8 Å². The molecule has 2 atom stereocenters. The van der Waals surface area contributed by atoms with Crippen LogP contribution >= 0.6 is 0 Å². The number of esters is 1. The van der Waals surface area contributed by atoms with E-state index in [2.05, 4.69) is 9.72 Å². The molecule has 4 heteroatoms. The number of carbonyl (C=O) groups excluding carboxylic acids is 1. The second-order valence-electron chi connectivity index (χ2n) is 3.17. The Hall–Kier alpha value is -1.32. The van der Waals surface area contributed by atoms with Gasteiger partial charge in [-0.1, -0.05) is 6.92 Å². The predicted molar refractivity (Wildman–Crippen MR) is 55.1 cm³/mol. The lowest BCUT2D eigenvalue weighted by Gasteiger charge is -2.12. The van der Waals surface area contributed by atoms with Gasteiger partial charge >= 0.3 is 5.97 Å². The number of cyclic esters (lactones) is 1. The summed E-state index contributed by atoms with van der Waals surface area (Å²) in [5, 5.41) is 0. The van der Waals surface area contributed by atoms with E-state index in [1.807, 2.05) is 0 Å². The van der Waals surface area contributed by atoms with E-state index in [0.29, 0.717) is 4.57 Å². The standard InChI is InChI=1S/C11H16N2O2/c1-3-10-8(6-15-11(10)14)4-9-5-12-7-13(9)2/h5,7-8,10H,3-4,6H2,1-2H3/t8-,10-/m0/s1/i2D3,4D2,6D2,8D. The third-order valence-corrected chi connectivity index (χ3v) is 2.20. The van der Waals surface area contributed by atoms with Crippen LogP contribution < -0.4 is 0 Å². The van der Waals surface area contributed by atoms with E-state index in [1.54, 1.807) is 0 Å². The molecule has 1 aromatic rings. The minimum absolute atomic E-state index is 0.0245. The van der Waals surface area contributed by atoms with Gasteiger partial charge in [0.15, 0.2) is 0 Å². The molecule has 0 aliphatic carbocycles. The second kappa shape index (κ2) is 4.04. The Kier molecular flexibility index (Phi) is 1.15. The van der Waals surface area contributed by atoms with Crippen molar-refractivity contribution in [1.29, 1.82) is 0 Å². The van der Waals surface area contributed by atoms with Crippen LogP contribution in [-0.4, -0.2) is 22.1 Å². The van der Waals surface area contributed by atoms with E-state index in [0.717, 1.165) is 12.5 Å². The van der Waals surface area contributed by atoms with Crippen LogP contribution in [0.5, 0.6) is 0 Å². The molecule has 0 unspecified atom stereocenters. The van der Waals surface area contributed by atoms with Gasteiger partial charge in [0.25, 0.3) is 0 Å². The van der Waals surface area contributed by atoms with Gasteiger partial charge < -0.3 is 9.30 Å². The molecule has 0 radical (unpaired) electrons. The zero-order valence-corrected chi connectivity index (χ0v) is 8.15. The largest absolute Gasteiger partial charge is 0.465 e. The van der Waals surface area contributed by atoms with Crippen LogP contribution in [0.4, 0.5) is 0 Å². The summed E-state index contributed by atoms with van der Waals surface area (Å²) in [6.07, 6.45) is -1.05. The highest BCUT2D eigenvalue weighted by Crippen LogP contribution is 2.27. The number of rotatable bonds is 3. The molecular weight excluding hydrogens is 192 g/mol. The highest BCUT2D eigenvalue weighted by atomic mass is 16.5. The maximum absolute atomic E-state index is 11.9. The molecule has 4 nitrogen and oxygen atoms in total. The SMILES string of the molecule is [2H]C([2H])([2H])n1cncc1C([2H])([2H])[C@]1([2H])[C@H](CC)C(=O)OC1([2H])[2H].